The Hall–Kier alpha value is -0.780. The second-order valence-electron chi connectivity index (χ2n) is 4.67. The van der Waals surface area contributed by atoms with E-state index in [9.17, 15) is 4.79 Å². The molecule has 1 fully saturated rings. The van der Waals surface area contributed by atoms with Crippen molar-refractivity contribution < 1.29 is 4.79 Å². The van der Waals surface area contributed by atoms with Gasteiger partial charge in [0.2, 0.25) is 5.91 Å². The minimum absolute atomic E-state index is 0.138. The van der Waals surface area contributed by atoms with Gasteiger partial charge in [0.1, 0.15) is 0 Å². The van der Waals surface area contributed by atoms with Gasteiger partial charge in [0, 0.05) is 36.3 Å². The molecular formula is C13H17BrClN3O. The fraction of sp³-hybridized carbons (Fsp3) is 0.462. The maximum atomic E-state index is 12.0. The minimum Gasteiger partial charge on any atom is -0.376 e. The number of anilines is 1. The Balaban J connectivity index is 1.84. The highest BCUT2D eigenvalue weighted by atomic mass is 79.9. The van der Waals surface area contributed by atoms with Crippen molar-refractivity contribution in [3.8, 4) is 0 Å². The number of piperazine rings is 1. The summed E-state index contributed by atoms with van der Waals surface area (Å²) in [6, 6.07) is 5.54. The monoisotopic (exact) mass is 345 g/mol. The molecule has 0 unspecified atom stereocenters. The molecule has 104 valence electrons. The summed E-state index contributed by atoms with van der Waals surface area (Å²) in [4.78, 5) is 16.2. The van der Waals surface area contributed by atoms with Crippen molar-refractivity contribution in [2.75, 3.05) is 45.1 Å². The van der Waals surface area contributed by atoms with E-state index in [2.05, 4.69) is 33.2 Å². The quantitative estimate of drug-likeness (QED) is 0.912. The molecule has 0 saturated carbocycles. The summed E-state index contributed by atoms with van der Waals surface area (Å²) < 4.78 is 0.825. The predicted octanol–water partition coefficient (Wildman–Crippen LogP) is 2.29. The van der Waals surface area contributed by atoms with Gasteiger partial charge >= 0.3 is 0 Å². The lowest BCUT2D eigenvalue weighted by molar-refractivity contribution is -0.130. The molecule has 1 aromatic carbocycles. The maximum Gasteiger partial charge on any atom is 0.241 e. The highest BCUT2D eigenvalue weighted by Crippen LogP contribution is 2.25. The maximum absolute atomic E-state index is 12.0. The van der Waals surface area contributed by atoms with E-state index in [0.717, 1.165) is 36.3 Å². The van der Waals surface area contributed by atoms with Gasteiger partial charge in [-0.2, -0.15) is 0 Å². The second-order valence-corrected chi connectivity index (χ2v) is 5.93. The van der Waals surface area contributed by atoms with Crippen molar-refractivity contribution in [2.24, 2.45) is 0 Å². The lowest BCUT2D eigenvalue weighted by Gasteiger charge is -2.32. The lowest BCUT2D eigenvalue weighted by atomic mass is 10.3. The van der Waals surface area contributed by atoms with Gasteiger partial charge in [-0.05, 0) is 41.2 Å². The zero-order chi connectivity index (χ0) is 13.8. The second kappa shape index (κ2) is 6.59. The standard InChI is InChI=1S/C13H17BrClN3O/c1-17-4-6-18(7-5-17)13(19)9-16-10-2-3-12(15)11(14)8-10/h2-3,8,16H,4-7,9H2,1H3. The van der Waals surface area contributed by atoms with Gasteiger partial charge in [0.15, 0.2) is 0 Å². The van der Waals surface area contributed by atoms with Crippen molar-refractivity contribution in [1.82, 2.24) is 9.80 Å². The smallest absolute Gasteiger partial charge is 0.241 e. The average Bonchev–Trinajstić information content (AvgIpc) is 2.40. The normalized spacial score (nSPS) is 16.5. The third kappa shape index (κ3) is 4.09. The van der Waals surface area contributed by atoms with Crippen molar-refractivity contribution in [1.29, 1.82) is 0 Å². The molecule has 0 radical (unpaired) electrons. The Bertz CT molecular complexity index is 461. The molecule has 6 heteroatoms. The van der Waals surface area contributed by atoms with Crippen LogP contribution in [-0.2, 0) is 4.79 Å². The first-order valence-corrected chi connectivity index (χ1v) is 7.38. The number of rotatable bonds is 3. The van der Waals surface area contributed by atoms with Crippen LogP contribution in [-0.4, -0.2) is 55.5 Å². The van der Waals surface area contributed by atoms with E-state index >= 15 is 0 Å². The van der Waals surface area contributed by atoms with Gasteiger partial charge in [-0.25, -0.2) is 0 Å². The molecule has 1 aliphatic heterocycles. The van der Waals surface area contributed by atoms with Crippen molar-refractivity contribution in [3.05, 3.63) is 27.7 Å². The summed E-state index contributed by atoms with van der Waals surface area (Å²) in [7, 11) is 2.07. The van der Waals surface area contributed by atoms with Crippen molar-refractivity contribution >= 4 is 39.1 Å². The van der Waals surface area contributed by atoms with Crippen LogP contribution in [0.5, 0.6) is 0 Å². The zero-order valence-corrected chi connectivity index (χ0v) is 13.2. The van der Waals surface area contributed by atoms with Crippen LogP contribution in [0, 0.1) is 0 Å². The summed E-state index contributed by atoms with van der Waals surface area (Å²) in [5.41, 5.74) is 0.888. The predicted molar refractivity (Wildman–Crippen MR) is 81.7 cm³/mol. The number of benzene rings is 1. The van der Waals surface area contributed by atoms with Crippen LogP contribution in [0.1, 0.15) is 0 Å². The van der Waals surface area contributed by atoms with Gasteiger partial charge < -0.3 is 15.1 Å². The molecule has 0 spiro atoms. The number of nitrogens with zero attached hydrogens (tertiary/aromatic N) is 2. The van der Waals surface area contributed by atoms with E-state index in [-0.39, 0.29) is 5.91 Å². The number of hydrogen-bond acceptors (Lipinski definition) is 3. The Morgan fingerprint density at radius 1 is 1.37 bits per heavy atom. The number of amides is 1. The molecule has 0 bridgehead atoms. The fourth-order valence-corrected chi connectivity index (χ4v) is 2.45. The van der Waals surface area contributed by atoms with Crippen molar-refractivity contribution in [3.63, 3.8) is 0 Å². The molecule has 1 amide bonds. The van der Waals surface area contributed by atoms with Crippen molar-refractivity contribution in [2.45, 2.75) is 0 Å². The number of likely N-dealkylation sites (N-methyl/N-ethyl adjacent to an activating group) is 1. The third-order valence-electron chi connectivity index (χ3n) is 3.22. The molecule has 19 heavy (non-hydrogen) atoms. The van der Waals surface area contributed by atoms with Crippen LogP contribution < -0.4 is 5.32 Å². The molecule has 4 nitrogen and oxygen atoms in total. The molecule has 1 saturated heterocycles. The van der Waals surface area contributed by atoms with E-state index in [1.165, 1.54) is 0 Å². The first kappa shape index (κ1) is 14.6. The number of carbonyl (C=O) groups is 1. The molecule has 1 heterocycles. The van der Waals surface area contributed by atoms with E-state index in [0.29, 0.717) is 11.6 Å². The molecule has 1 N–H and O–H groups in total. The Kier molecular flexibility index (Phi) is 5.07. The van der Waals surface area contributed by atoms with Gasteiger partial charge in [-0.15, -0.1) is 0 Å². The molecule has 1 aromatic rings. The van der Waals surface area contributed by atoms with Crippen LogP contribution in [0.25, 0.3) is 0 Å². The molecule has 0 aromatic heterocycles. The SMILES string of the molecule is CN1CCN(C(=O)CNc2ccc(Cl)c(Br)c2)CC1. The zero-order valence-electron chi connectivity index (χ0n) is 10.8. The van der Waals surface area contributed by atoms with Crippen LogP contribution in [0.15, 0.2) is 22.7 Å². The molecule has 2 rings (SSSR count). The molecule has 0 aliphatic carbocycles. The number of hydrogen-bond donors (Lipinski definition) is 1. The third-order valence-corrected chi connectivity index (χ3v) is 4.43. The van der Waals surface area contributed by atoms with Crippen LogP contribution in [0.2, 0.25) is 5.02 Å². The minimum atomic E-state index is 0.138. The summed E-state index contributed by atoms with van der Waals surface area (Å²) >= 11 is 9.29. The Morgan fingerprint density at radius 3 is 2.68 bits per heavy atom. The first-order valence-electron chi connectivity index (χ1n) is 6.21. The molecule has 1 aliphatic rings. The van der Waals surface area contributed by atoms with E-state index in [4.69, 9.17) is 11.6 Å². The van der Waals surface area contributed by atoms with Gasteiger partial charge in [-0.3, -0.25) is 4.79 Å². The Labute approximate surface area is 126 Å². The summed E-state index contributed by atoms with van der Waals surface area (Å²) in [6.07, 6.45) is 0. The Morgan fingerprint density at radius 2 is 2.05 bits per heavy atom. The highest BCUT2D eigenvalue weighted by molar-refractivity contribution is 9.10. The first-order chi connectivity index (χ1) is 9.06. The number of nitrogens with one attached hydrogen (secondary N) is 1. The number of carbonyl (C=O) groups excluding carboxylic acids is 1. The largest absolute Gasteiger partial charge is 0.376 e. The van der Waals surface area contributed by atoms with Crippen LogP contribution in [0.4, 0.5) is 5.69 Å². The molecular weight excluding hydrogens is 330 g/mol. The average molecular weight is 347 g/mol. The van der Waals surface area contributed by atoms with Gasteiger partial charge in [-0.1, -0.05) is 11.6 Å². The van der Waals surface area contributed by atoms with Crippen LogP contribution in [0.3, 0.4) is 0 Å². The lowest BCUT2D eigenvalue weighted by Crippen LogP contribution is -2.48. The fourth-order valence-electron chi connectivity index (χ4n) is 1.95. The highest BCUT2D eigenvalue weighted by Gasteiger charge is 2.18. The van der Waals surface area contributed by atoms with E-state index < -0.39 is 0 Å². The van der Waals surface area contributed by atoms with Gasteiger partial charge in [0.25, 0.3) is 0 Å². The molecule has 0 atom stereocenters. The summed E-state index contributed by atoms with van der Waals surface area (Å²) in [6.45, 7) is 3.82. The van der Waals surface area contributed by atoms with E-state index in [1.54, 1.807) is 6.07 Å². The number of halogens is 2. The summed E-state index contributed by atoms with van der Waals surface area (Å²) in [5, 5.41) is 3.79. The van der Waals surface area contributed by atoms with Crippen LogP contribution >= 0.6 is 27.5 Å². The topological polar surface area (TPSA) is 35.6 Å². The van der Waals surface area contributed by atoms with Gasteiger partial charge in [0.05, 0.1) is 11.6 Å². The van der Waals surface area contributed by atoms with E-state index in [1.807, 2.05) is 17.0 Å². The summed E-state index contributed by atoms with van der Waals surface area (Å²) in [5.74, 6) is 0.138.